The smallest absolute Gasteiger partial charge is 0.278 e. The molecule has 2 rings (SSSR count). The Morgan fingerprint density at radius 3 is 2.71 bits per heavy atom. The van der Waals surface area contributed by atoms with Crippen LogP contribution in [0.15, 0.2) is 18.3 Å². The van der Waals surface area contributed by atoms with E-state index in [1.165, 1.54) is 10.5 Å². The molecule has 0 N–H and O–H groups in total. The van der Waals surface area contributed by atoms with Crippen molar-refractivity contribution in [3.05, 3.63) is 35.3 Å². The van der Waals surface area contributed by atoms with Gasteiger partial charge in [0.05, 0.1) is 5.69 Å². The summed E-state index contributed by atoms with van der Waals surface area (Å²) in [6.45, 7) is 3.58. The highest BCUT2D eigenvalue weighted by atomic mass is 19.3. The number of halogens is 2. The summed E-state index contributed by atoms with van der Waals surface area (Å²) < 4.78 is 26.7. The van der Waals surface area contributed by atoms with Crippen molar-refractivity contribution in [3.63, 3.8) is 0 Å². The van der Waals surface area contributed by atoms with Crippen LogP contribution >= 0.6 is 0 Å². The van der Waals surface area contributed by atoms with Crippen LogP contribution in [0.2, 0.25) is 0 Å². The van der Waals surface area contributed by atoms with Crippen molar-refractivity contribution < 1.29 is 8.78 Å². The lowest BCUT2D eigenvalue weighted by molar-refractivity contribution is 0.144. The van der Waals surface area contributed by atoms with E-state index in [4.69, 9.17) is 0 Å². The second kappa shape index (κ2) is 3.04. The van der Waals surface area contributed by atoms with E-state index >= 15 is 0 Å². The Balaban J connectivity index is 2.82. The number of aryl methyl sites for hydroxylation is 2. The van der Waals surface area contributed by atoms with Gasteiger partial charge in [0.15, 0.2) is 0 Å². The Morgan fingerprint density at radius 1 is 1.36 bits per heavy atom. The molecule has 0 fully saturated rings. The lowest BCUT2D eigenvalue weighted by Crippen LogP contribution is -2.00. The van der Waals surface area contributed by atoms with Gasteiger partial charge in [0.2, 0.25) is 0 Å². The van der Waals surface area contributed by atoms with Crippen molar-refractivity contribution in [1.82, 2.24) is 9.38 Å². The molecule has 0 aromatic carbocycles. The zero-order valence-electron chi connectivity index (χ0n) is 7.96. The van der Waals surface area contributed by atoms with E-state index < -0.39 is 6.43 Å². The minimum absolute atomic E-state index is 0.000556. The molecule has 0 aliphatic carbocycles. The van der Waals surface area contributed by atoms with Gasteiger partial charge in [0, 0.05) is 11.9 Å². The molecule has 0 saturated heterocycles. The number of alkyl halides is 2. The maximum atomic E-state index is 12.6. The fraction of sp³-hybridized carbons (Fsp3) is 0.300. The van der Waals surface area contributed by atoms with E-state index in [0.717, 1.165) is 5.56 Å². The summed E-state index contributed by atoms with van der Waals surface area (Å²) in [6, 6.07) is 3.20. The maximum Gasteiger partial charge on any atom is 0.278 e. The first-order valence-electron chi connectivity index (χ1n) is 4.33. The Morgan fingerprint density at radius 2 is 2.07 bits per heavy atom. The zero-order chi connectivity index (χ0) is 10.3. The van der Waals surface area contributed by atoms with Gasteiger partial charge < -0.3 is 0 Å². The average Bonchev–Trinajstić information content (AvgIpc) is 2.47. The zero-order valence-corrected chi connectivity index (χ0v) is 7.96. The number of aromatic nitrogens is 2. The van der Waals surface area contributed by atoms with Crippen molar-refractivity contribution in [1.29, 1.82) is 0 Å². The van der Waals surface area contributed by atoms with Crippen LogP contribution in [0.5, 0.6) is 0 Å². The van der Waals surface area contributed by atoms with Gasteiger partial charge in [-0.25, -0.2) is 13.8 Å². The van der Waals surface area contributed by atoms with Crippen LogP contribution in [0.1, 0.15) is 23.4 Å². The molecule has 0 unspecified atom stereocenters. The van der Waals surface area contributed by atoms with Crippen LogP contribution in [0.25, 0.3) is 5.65 Å². The van der Waals surface area contributed by atoms with E-state index in [2.05, 4.69) is 4.98 Å². The number of hydrogen-bond acceptors (Lipinski definition) is 1. The monoisotopic (exact) mass is 196 g/mol. The van der Waals surface area contributed by atoms with Crippen molar-refractivity contribution >= 4 is 5.65 Å². The topological polar surface area (TPSA) is 17.3 Å². The van der Waals surface area contributed by atoms with Gasteiger partial charge in [-0.3, -0.25) is 4.40 Å². The molecule has 0 bridgehead atoms. The largest absolute Gasteiger partial charge is 0.300 e. The number of rotatable bonds is 1. The molecular weight excluding hydrogens is 186 g/mol. The predicted octanol–water partition coefficient (Wildman–Crippen LogP) is 2.89. The van der Waals surface area contributed by atoms with Crippen molar-refractivity contribution in [2.75, 3.05) is 0 Å². The fourth-order valence-corrected chi connectivity index (χ4v) is 1.52. The van der Waals surface area contributed by atoms with Gasteiger partial charge in [-0.05, 0) is 31.5 Å². The number of fused-ring (bicyclic) bond motifs is 1. The van der Waals surface area contributed by atoms with Crippen molar-refractivity contribution in [2.45, 2.75) is 20.3 Å². The molecular formula is C10H10F2N2. The summed E-state index contributed by atoms with van der Waals surface area (Å²) in [4.78, 5) is 4.21. The van der Waals surface area contributed by atoms with Crippen LogP contribution in [-0.4, -0.2) is 9.38 Å². The van der Waals surface area contributed by atoms with Gasteiger partial charge in [-0.1, -0.05) is 0 Å². The highest BCUT2D eigenvalue weighted by molar-refractivity contribution is 5.49. The highest BCUT2D eigenvalue weighted by Crippen LogP contribution is 2.22. The summed E-state index contributed by atoms with van der Waals surface area (Å²) in [7, 11) is 0. The molecule has 4 heteroatoms. The first-order chi connectivity index (χ1) is 6.59. The summed E-state index contributed by atoms with van der Waals surface area (Å²) in [5.41, 5.74) is 2.14. The highest BCUT2D eigenvalue weighted by Gasteiger charge is 2.13. The Hall–Kier alpha value is -1.45. The minimum Gasteiger partial charge on any atom is -0.300 e. The molecule has 74 valence electrons. The average molecular weight is 196 g/mol. The van der Waals surface area contributed by atoms with Gasteiger partial charge in [0.1, 0.15) is 5.65 Å². The molecule has 14 heavy (non-hydrogen) atoms. The van der Waals surface area contributed by atoms with E-state index in [1.807, 2.05) is 6.92 Å². The normalized spacial score (nSPS) is 11.5. The first-order valence-corrected chi connectivity index (χ1v) is 4.33. The molecule has 2 nitrogen and oxygen atoms in total. The predicted molar refractivity (Wildman–Crippen MR) is 49.6 cm³/mol. The van der Waals surface area contributed by atoms with E-state index in [1.54, 1.807) is 19.2 Å². The van der Waals surface area contributed by atoms with Crippen molar-refractivity contribution in [3.8, 4) is 0 Å². The second-order valence-electron chi connectivity index (χ2n) is 3.32. The van der Waals surface area contributed by atoms with Crippen LogP contribution in [0, 0.1) is 13.8 Å². The lowest BCUT2D eigenvalue weighted by Gasteiger charge is -2.06. The SMILES string of the molecule is Cc1cc(C(F)F)n2ccc(C)c2n1. The van der Waals surface area contributed by atoms with Crippen LogP contribution in [0.3, 0.4) is 0 Å². The van der Waals surface area contributed by atoms with Crippen LogP contribution in [-0.2, 0) is 0 Å². The molecule has 2 aromatic heterocycles. The summed E-state index contributed by atoms with van der Waals surface area (Å²) in [6.07, 6.45) is -0.843. The molecule has 0 saturated carbocycles. The summed E-state index contributed by atoms with van der Waals surface area (Å²) >= 11 is 0. The molecule has 0 atom stereocenters. The van der Waals surface area contributed by atoms with E-state index in [-0.39, 0.29) is 5.69 Å². The van der Waals surface area contributed by atoms with Crippen LogP contribution in [0.4, 0.5) is 8.78 Å². The summed E-state index contributed by atoms with van der Waals surface area (Å²) in [5.74, 6) is 0. The standard InChI is InChI=1S/C10H10F2N2/c1-6-3-4-14-8(9(11)12)5-7(2)13-10(6)14/h3-5,9H,1-2H3. The number of nitrogens with zero attached hydrogens (tertiary/aromatic N) is 2. The molecule has 0 spiro atoms. The third-order valence-corrected chi connectivity index (χ3v) is 2.20. The third kappa shape index (κ3) is 1.27. The molecule has 0 aliphatic heterocycles. The van der Waals surface area contributed by atoms with Gasteiger partial charge in [-0.2, -0.15) is 0 Å². The molecule has 2 heterocycles. The first kappa shape index (κ1) is 9.12. The van der Waals surface area contributed by atoms with Gasteiger partial charge in [-0.15, -0.1) is 0 Å². The van der Waals surface area contributed by atoms with Gasteiger partial charge >= 0.3 is 0 Å². The van der Waals surface area contributed by atoms with Crippen molar-refractivity contribution in [2.24, 2.45) is 0 Å². The molecule has 0 aliphatic rings. The Kier molecular flexibility index (Phi) is 1.98. The van der Waals surface area contributed by atoms with E-state index in [9.17, 15) is 8.78 Å². The Labute approximate surface area is 80.2 Å². The molecule has 0 radical (unpaired) electrons. The molecule has 0 amide bonds. The number of hydrogen-bond donors (Lipinski definition) is 0. The maximum absolute atomic E-state index is 12.6. The van der Waals surface area contributed by atoms with Gasteiger partial charge in [0.25, 0.3) is 6.43 Å². The van der Waals surface area contributed by atoms with E-state index in [0.29, 0.717) is 11.3 Å². The van der Waals surface area contributed by atoms with Crippen LogP contribution < -0.4 is 0 Å². The summed E-state index contributed by atoms with van der Waals surface area (Å²) in [5, 5.41) is 0. The second-order valence-corrected chi connectivity index (χ2v) is 3.32. The fourth-order valence-electron chi connectivity index (χ4n) is 1.52. The lowest BCUT2D eigenvalue weighted by atomic mass is 10.3. The Bertz CT molecular complexity index is 474. The quantitative estimate of drug-likeness (QED) is 0.685. The minimum atomic E-state index is -2.47. The molecule has 2 aromatic rings. The third-order valence-electron chi connectivity index (χ3n) is 2.20.